The lowest BCUT2D eigenvalue weighted by Crippen LogP contribution is -2.26. The van der Waals surface area contributed by atoms with Crippen LogP contribution < -0.4 is 0 Å². The largest absolute Gasteiger partial charge is 0.481 e. The third-order valence-electron chi connectivity index (χ3n) is 4.09. The monoisotopic (exact) mass is 272 g/mol. The van der Waals surface area contributed by atoms with Crippen LogP contribution in [-0.4, -0.2) is 30.6 Å². The maximum Gasteiger partial charge on any atom is 0.306 e. The van der Waals surface area contributed by atoms with Gasteiger partial charge in [0.25, 0.3) is 0 Å². The van der Waals surface area contributed by atoms with Gasteiger partial charge in [-0.2, -0.15) is 0 Å². The minimum atomic E-state index is -0.667. The third kappa shape index (κ3) is 6.92. The van der Waals surface area contributed by atoms with Crippen molar-refractivity contribution in [1.29, 1.82) is 0 Å². The van der Waals surface area contributed by atoms with Crippen LogP contribution in [0.15, 0.2) is 0 Å². The molecule has 0 bridgehead atoms. The van der Waals surface area contributed by atoms with Crippen LogP contribution in [-0.2, 0) is 14.3 Å². The van der Waals surface area contributed by atoms with Gasteiger partial charge in [0, 0.05) is 6.61 Å². The third-order valence-corrected chi connectivity index (χ3v) is 4.09. The molecule has 0 aromatic carbocycles. The van der Waals surface area contributed by atoms with Crippen LogP contribution in [0.5, 0.6) is 0 Å². The second-order valence-corrected chi connectivity index (χ2v) is 5.66. The zero-order chi connectivity index (χ0) is 14.1. The molecular formula is C15H28O4. The number of aliphatic carboxylic acids is 1. The van der Waals surface area contributed by atoms with Crippen LogP contribution in [0.1, 0.15) is 58.8 Å². The Labute approximate surface area is 116 Å². The first-order valence-electron chi connectivity index (χ1n) is 7.55. The molecule has 0 radical (unpaired) electrons. The molecule has 4 heteroatoms. The maximum absolute atomic E-state index is 10.8. The molecule has 0 aromatic rings. The van der Waals surface area contributed by atoms with Gasteiger partial charge in [0.2, 0.25) is 0 Å². The van der Waals surface area contributed by atoms with E-state index in [0.717, 1.165) is 44.6 Å². The van der Waals surface area contributed by atoms with E-state index in [0.29, 0.717) is 6.79 Å². The second kappa shape index (κ2) is 9.32. The van der Waals surface area contributed by atoms with Crippen LogP contribution in [0.3, 0.4) is 0 Å². The number of carboxylic acids is 1. The Morgan fingerprint density at radius 2 is 2.00 bits per heavy atom. The summed E-state index contributed by atoms with van der Waals surface area (Å²) < 4.78 is 11.1. The Morgan fingerprint density at radius 3 is 2.58 bits per heavy atom. The minimum Gasteiger partial charge on any atom is -0.481 e. The van der Waals surface area contributed by atoms with Crippen molar-refractivity contribution in [3.05, 3.63) is 0 Å². The van der Waals surface area contributed by atoms with Gasteiger partial charge < -0.3 is 14.6 Å². The highest BCUT2D eigenvalue weighted by Crippen LogP contribution is 2.26. The van der Waals surface area contributed by atoms with Crippen LogP contribution in [0.25, 0.3) is 0 Å². The molecule has 4 nitrogen and oxygen atoms in total. The maximum atomic E-state index is 10.8. The fourth-order valence-electron chi connectivity index (χ4n) is 2.42. The molecule has 112 valence electrons. The van der Waals surface area contributed by atoms with Crippen molar-refractivity contribution in [2.45, 2.75) is 64.9 Å². The number of rotatable bonds is 9. The van der Waals surface area contributed by atoms with E-state index in [2.05, 4.69) is 13.8 Å². The lowest BCUT2D eigenvalue weighted by molar-refractivity contribution is -0.145. The van der Waals surface area contributed by atoms with Crippen LogP contribution in [0, 0.1) is 11.8 Å². The number of hydrogen-bond donors (Lipinski definition) is 1. The van der Waals surface area contributed by atoms with E-state index >= 15 is 0 Å². The fraction of sp³-hybridized carbons (Fsp3) is 0.933. The Kier molecular flexibility index (Phi) is 8.07. The van der Waals surface area contributed by atoms with Crippen molar-refractivity contribution in [1.82, 2.24) is 0 Å². The summed E-state index contributed by atoms with van der Waals surface area (Å²) >= 11 is 0. The quantitative estimate of drug-likeness (QED) is 0.516. The van der Waals surface area contributed by atoms with Gasteiger partial charge in [0.1, 0.15) is 6.79 Å². The molecule has 1 aliphatic carbocycles. The molecule has 0 aliphatic heterocycles. The summed E-state index contributed by atoms with van der Waals surface area (Å²) in [5.41, 5.74) is 0. The van der Waals surface area contributed by atoms with Crippen molar-refractivity contribution >= 4 is 5.97 Å². The molecule has 0 heterocycles. The van der Waals surface area contributed by atoms with Crippen LogP contribution in [0.4, 0.5) is 0 Å². The van der Waals surface area contributed by atoms with Crippen molar-refractivity contribution in [3.8, 4) is 0 Å². The smallest absolute Gasteiger partial charge is 0.306 e. The first kappa shape index (κ1) is 16.4. The average Bonchev–Trinajstić information content (AvgIpc) is 2.42. The summed E-state index contributed by atoms with van der Waals surface area (Å²) in [7, 11) is 0. The molecule has 1 atom stereocenters. The Morgan fingerprint density at radius 1 is 1.32 bits per heavy atom. The van der Waals surface area contributed by atoms with Gasteiger partial charge in [0.05, 0.1) is 12.0 Å². The van der Waals surface area contributed by atoms with Gasteiger partial charge in [-0.3, -0.25) is 4.79 Å². The molecule has 0 spiro atoms. The van der Waals surface area contributed by atoms with Gasteiger partial charge in [0.15, 0.2) is 0 Å². The molecule has 19 heavy (non-hydrogen) atoms. The number of carbonyl (C=O) groups is 1. The Balaban J connectivity index is 1.95. The number of ether oxygens (including phenoxy) is 2. The predicted octanol–water partition coefficient (Wildman–Crippen LogP) is 3.45. The van der Waals surface area contributed by atoms with E-state index in [1.54, 1.807) is 0 Å². The lowest BCUT2D eigenvalue weighted by Gasteiger charge is -2.26. The molecule has 1 fully saturated rings. The van der Waals surface area contributed by atoms with Crippen molar-refractivity contribution in [3.63, 3.8) is 0 Å². The summed E-state index contributed by atoms with van der Waals surface area (Å²) in [6.07, 6.45) is 6.85. The minimum absolute atomic E-state index is 0.170. The topological polar surface area (TPSA) is 55.8 Å². The highest BCUT2D eigenvalue weighted by Gasteiger charge is 2.26. The SMILES string of the molecule is CCC(C)CCCOCOC1CCC(C(=O)O)CC1. The van der Waals surface area contributed by atoms with Gasteiger partial charge >= 0.3 is 5.97 Å². The first-order chi connectivity index (χ1) is 9.13. The van der Waals surface area contributed by atoms with Crippen LogP contribution >= 0.6 is 0 Å². The Bertz CT molecular complexity index is 247. The summed E-state index contributed by atoms with van der Waals surface area (Å²) in [5, 5.41) is 8.90. The lowest BCUT2D eigenvalue weighted by atomic mass is 9.87. The van der Waals surface area contributed by atoms with Gasteiger partial charge in [-0.05, 0) is 44.4 Å². The van der Waals surface area contributed by atoms with E-state index in [1.165, 1.54) is 12.8 Å². The summed E-state index contributed by atoms with van der Waals surface area (Å²) in [6.45, 7) is 5.58. The van der Waals surface area contributed by atoms with Crippen molar-refractivity contribution in [2.24, 2.45) is 11.8 Å². The fourth-order valence-corrected chi connectivity index (χ4v) is 2.42. The second-order valence-electron chi connectivity index (χ2n) is 5.66. The molecule has 1 rings (SSSR count). The molecule has 1 unspecified atom stereocenters. The predicted molar refractivity (Wildman–Crippen MR) is 74.0 cm³/mol. The molecule has 0 saturated heterocycles. The molecule has 1 saturated carbocycles. The van der Waals surface area contributed by atoms with E-state index in [-0.39, 0.29) is 12.0 Å². The van der Waals surface area contributed by atoms with Gasteiger partial charge in [-0.15, -0.1) is 0 Å². The van der Waals surface area contributed by atoms with Gasteiger partial charge in [-0.1, -0.05) is 20.3 Å². The molecular weight excluding hydrogens is 244 g/mol. The zero-order valence-electron chi connectivity index (χ0n) is 12.3. The summed E-state index contributed by atoms with van der Waals surface area (Å²) in [5.74, 6) is -0.0631. The first-order valence-corrected chi connectivity index (χ1v) is 7.55. The molecule has 1 aliphatic rings. The normalized spacial score (nSPS) is 25.2. The molecule has 0 amide bonds. The number of carboxylic acid groups (broad SMARTS) is 1. The Hall–Kier alpha value is -0.610. The van der Waals surface area contributed by atoms with Crippen molar-refractivity contribution in [2.75, 3.05) is 13.4 Å². The van der Waals surface area contributed by atoms with Gasteiger partial charge in [-0.25, -0.2) is 0 Å². The molecule has 1 N–H and O–H groups in total. The van der Waals surface area contributed by atoms with Crippen LogP contribution in [0.2, 0.25) is 0 Å². The van der Waals surface area contributed by atoms with E-state index in [9.17, 15) is 4.79 Å². The highest BCUT2D eigenvalue weighted by atomic mass is 16.7. The molecule has 0 aromatic heterocycles. The highest BCUT2D eigenvalue weighted by molar-refractivity contribution is 5.69. The zero-order valence-corrected chi connectivity index (χ0v) is 12.3. The summed E-state index contributed by atoms with van der Waals surface area (Å²) in [4.78, 5) is 10.8. The summed E-state index contributed by atoms with van der Waals surface area (Å²) in [6, 6.07) is 0. The van der Waals surface area contributed by atoms with Crippen molar-refractivity contribution < 1.29 is 19.4 Å². The standard InChI is InChI=1S/C15H28O4/c1-3-12(2)5-4-10-18-11-19-14-8-6-13(7-9-14)15(16)17/h12-14H,3-11H2,1-2H3,(H,16,17). The van der Waals surface area contributed by atoms with E-state index < -0.39 is 5.97 Å². The van der Waals surface area contributed by atoms with E-state index in [1.807, 2.05) is 0 Å². The van der Waals surface area contributed by atoms with E-state index in [4.69, 9.17) is 14.6 Å². The number of hydrogen-bond acceptors (Lipinski definition) is 3. The average molecular weight is 272 g/mol.